The molecule has 2 aromatic carbocycles. The van der Waals surface area contributed by atoms with Gasteiger partial charge in [0.15, 0.2) is 5.17 Å². The predicted octanol–water partition coefficient (Wildman–Crippen LogP) is 3.30. The number of hydrogen-bond donors (Lipinski definition) is 1. The predicted molar refractivity (Wildman–Crippen MR) is 125 cm³/mol. The van der Waals surface area contributed by atoms with E-state index in [4.69, 9.17) is 9.47 Å². The monoisotopic (exact) mass is 438 g/mol. The van der Waals surface area contributed by atoms with E-state index in [1.54, 1.807) is 0 Å². The average Bonchev–Trinajstić information content (AvgIpc) is 3.20. The number of ether oxygens (including phenoxy) is 2. The summed E-state index contributed by atoms with van der Waals surface area (Å²) in [7, 11) is 0. The van der Waals surface area contributed by atoms with Gasteiger partial charge in [0.2, 0.25) is 5.91 Å². The van der Waals surface area contributed by atoms with Crippen LogP contribution in [0.2, 0.25) is 0 Å². The molecule has 0 spiro atoms. The minimum Gasteiger partial charge on any atom is -0.487 e. The molecule has 2 aliphatic rings. The van der Waals surface area contributed by atoms with Crippen molar-refractivity contribution in [3.05, 3.63) is 60.2 Å². The van der Waals surface area contributed by atoms with Gasteiger partial charge >= 0.3 is 0 Å². The summed E-state index contributed by atoms with van der Waals surface area (Å²) in [6.45, 7) is 5.53. The standard InChI is InChI=1S/C23H26N4O3S/c1-2-21-22(28)24-23(31-21)26-25-20(16-30-19-6-4-3-5-7-19)17-8-10-18(11-9-17)27-12-14-29-15-13-27/h3-11,21H,2,12-16H2,1H3,(H,24,26,28)/b25-20+. The first-order valence-electron chi connectivity index (χ1n) is 10.5. The molecule has 31 heavy (non-hydrogen) atoms. The maximum atomic E-state index is 11.9. The Morgan fingerprint density at radius 3 is 2.58 bits per heavy atom. The van der Waals surface area contributed by atoms with Gasteiger partial charge in [-0.25, -0.2) is 0 Å². The van der Waals surface area contributed by atoms with Gasteiger partial charge in [-0.1, -0.05) is 49.0 Å². The quantitative estimate of drug-likeness (QED) is 0.530. The van der Waals surface area contributed by atoms with E-state index in [1.807, 2.05) is 49.4 Å². The zero-order valence-corrected chi connectivity index (χ0v) is 18.3. The number of amidine groups is 1. The van der Waals surface area contributed by atoms with Crippen molar-refractivity contribution >= 4 is 34.2 Å². The number of amides is 1. The number of nitrogens with one attached hydrogen (secondary N) is 1. The van der Waals surface area contributed by atoms with Crippen LogP contribution in [0.4, 0.5) is 5.69 Å². The summed E-state index contributed by atoms with van der Waals surface area (Å²) in [5.74, 6) is 0.751. The fourth-order valence-electron chi connectivity index (χ4n) is 3.35. The fraction of sp³-hybridized carbons (Fsp3) is 0.348. The minimum atomic E-state index is -0.106. The molecule has 2 aliphatic heterocycles. The Labute approximate surface area is 186 Å². The Hall–Kier alpha value is -2.84. The second-order valence-electron chi connectivity index (χ2n) is 7.20. The van der Waals surface area contributed by atoms with E-state index in [-0.39, 0.29) is 17.8 Å². The molecule has 0 aromatic heterocycles. The van der Waals surface area contributed by atoms with E-state index < -0.39 is 0 Å². The van der Waals surface area contributed by atoms with Gasteiger partial charge in [-0.15, -0.1) is 10.2 Å². The molecule has 8 heteroatoms. The second kappa shape index (κ2) is 10.5. The van der Waals surface area contributed by atoms with E-state index in [1.165, 1.54) is 11.8 Å². The lowest BCUT2D eigenvalue weighted by Gasteiger charge is -2.28. The third-order valence-electron chi connectivity index (χ3n) is 5.10. The first-order valence-corrected chi connectivity index (χ1v) is 11.3. The van der Waals surface area contributed by atoms with Crippen molar-refractivity contribution in [1.82, 2.24) is 5.32 Å². The number of para-hydroxylation sites is 1. The first kappa shape index (κ1) is 21.4. The van der Waals surface area contributed by atoms with Gasteiger partial charge in [-0.2, -0.15) is 0 Å². The summed E-state index contributed by atoms with van der Waals surface area (Å²) < 4.78 is 11.4. The molecule has 162 valence electrons. The highest BCUT2D eigenvalue weighted by atomic mass is 32.2. The molecule has 2 aromatic rings. The third-order valence-corrected chi connectivity index (χ3v) is 6.34. The molecular weight excluding hydrogens is 412 g/mol. The summed E-state index contributed by atoms with van der Waals surface area (Å²) in [6, 6.07) is 17.9. The van der Waals surface area contributed by atoms with Crippen LogP contribution in [0.25, 0.3) is 0 Å². The van der Waals surface area contributed by atoms with Crippen LogP contribution in [-0.4, -0.2) is 54.9 Å². The summed E-state index contributed by atoms with van der Waals surface area (Å²) in [5, 5.41) is 12.0. The molecule has 4 rings (SSSR count). The number of anilines is 1. The van der Waals surface area contributed by atoms with Gasteiger partial charge < -0.3 is 19.7 Å². The van der Waals surface area contributed by atoms with Crippen molar-refractivity contribution in [1.29, 1.82) is 0 Å². The number of carbonyl (C=O) groups excluding carboxylic acids is 1. The van der Waals surface area contributed by atoms with Crippen molar-refractivity contribution in [3.8, 4) is 5.75 Å². The van der Waals surface area contributed by atoms with E-state index >= 15 is 0 Å². The van der Waals surface area contributed by atoms with Crippen LogP contribution < -0.4 is 15.0 Å². The molecule has 0 bridgehead atoms. The van der Waals surface area contributed by atoms with Crippen molar-refractivity contribution in [2.45, 2.75) is 18.6 Å². The molecule has 0 saturated carbocycles. The lowest BCUT2D eigenvalue weighted by atomic mass is 10.1. The number of carbonyl (C=O) groups is 1. The third kappa shape index (κ3) is 5.65. The Kier molecular flexibility index (Phi) is 7.22. The van der Waals surface area contributed by atoms with Gasteiger partial charge in [-0.3, -0.25) is 4.79 Å². The molecule has 1 amide bonds. The Bertz CT molecular complexity index is 941. The molecule has 0 aliphatic carbocycles. The number of benzene rings is 2. The topological polar surface area (TPSA) is 75.5 Å². The van der Waals surface area contributed by atoms with E-state index in [0.29, 0.717) is 10.9 Å². The summed E-state index contributed by atoms with van der Waals surface area (Å²) >= 11 is 1.41. The van der Waals surface area contributed by atoms with Gasteiger partial charge in [0.05, 0.1) is 18.5 Å². The summed E-state index contributed by atoms with van der Waals surface area (Å²) in [4.78, 5) is 14.2. The maximum absolute atomic E-state index is 11.9. The fourth-order valence-corrected chi connectivity index (χ4v) is 4.20. The van der Waals surface area contributed by atoms with E-state index in [2.05, 4.69) is 32.6 Å². The smallest absolute Gasteiger partial charge is 0.239 e. The number of morpholine rings is 1. The zero-order valence-electron chi connectivity index (χ0n) is 17.5. The molecule has 1 atom stereocenters. The number of thioether (sulfide) groups is 1. The number of hydrogen-bond acceptors (Lipinski definition) is 7. The van der Waals surface area contributed by atoms with Crippen molar-refractivity contribution < 1.29 is 14.3 Å². The van der Waals surface area contributed by atoms with Gasteiger partial charge in [0.1, 0.15) is 18.1 Å². The molecule has 1 N–H and O–H groups in total. The van der Waals surface area contributed by atoms with Crippen LogP contribution in [-0.2, 0) is 9.53 Å². The zero-order chi connectivity index (χ0) is 21.5. The summed E-state index contributed by atoms with van der Waals surface area (Å²) in [6.07, 6.45) is 0.756. The van der Waals surface area contributed by atoms with Crippen LogP contribution >= 0.6 is 11.8 Å². The van der Waals surface area contributed by atoms with Crippen LogP contribution in [0.1, 0.15) is 18.9 Å². The van der Waals surface area contributed by atoms with Crippen molar-refractivity contribution in [2.24, 2.45) is 10.2 Å². The molecule has 2 heterocycles. The summed E-state index contributed by atoms with van der Waals surface area (Å²) in [5.41, 5.74) is 2.78. The van der Waals surface area contributed by atoms with E-state index in [0.717, 1.165) is 49.7 Å². The van der Waals surface area contributed by atoms with Crippen LogP contribution in [0.3, 0.4) is 0 Å². The number of rotatable bonds is 7. The highest BCUT2D eigenvalue weighted by Gasteiger charge is 2.28. The highest BCUT2D eigenvalue weighted by molar-refractivity contribution is 8.15. The second-order valence-corrected chi connectivity index (χ2v) is 8.40. The SMILES string of the molecule is CCC1S/C(=N\N=C(/COc2ccccc2)c2ccc(N3CCOCC3)cc2)NC1=O. The van der Waals surface area contributed by atoms with Crippen LogP contribution in [0.5, 0.6) is 5.75 Å². The van der Waals surface area contributed by atoms with Crippen molar-refractivity contribution in [2.75, 3.05) is 37.8 Å². The molecule has 2 saturated heterocycles. The largest absolute Gasteiger partial charge is 0.487 e. The number of nitrogens with zero attached hydrogens (tertiary/aromatic N) is 3. The molecule has 1 unspecified atom stereocenters. The molecular formula is C23H26N4O3S. The molecule has 7 nitrogen and oxygen atoms in total. The Morgan fingerprint density at radius 1 is 1.16 bits per heavy atom. The highest BCUT2D eigenvalue weighted by Crippen LogP contribution is 2.22. The van der Waals surface area contributed by atoms with E-state index in [9.17, 15) is 4.79 Å². The lowest BCUT2D eigenvalue weighted by molar-refractivity contribution is -0.118. The normalized spacial score (nSPS) is 20.7. The van der Waals surface area contributed by atoms with Crippen molar-refractivity contribution in [3.63, 3.8) is 0 Å². The maximum Gasteiger partial charge on any atom is 0.239 e. The molecule has 0 radical (unpaired) electrons. The lowest BCUT2D eigenvalue weighted by Crippen LogP contribution is -2.36. The average molecular weight is 439 g/mol. The van der Waals surface area contributed by atoms with Gasteiger partial charge in [-0.05, 0) is 30.7 Å². The Morgan fingerprint density at radius 2 is 1.90 bits per heavy atom. The first-order chi connectivity index (χ1) is 15.2. The minimum absolute atomic E-state index is 0.0154. The van der Waals surface area contributed by atoms with Crippen LogP contribution in [0, 0.1) is 0 Å². The Balaban J connectivity index is 1.53. The van der Waals surface area contributed by atoms with Crippen LogP contribution in [0.15, 0.2) is 64.8 Å². The van der Waals surface area contributed by atoms with Gasteiger partial charge in [0, 0.05) is 24.3 Å². The van der Waals surface area contributed by atoms with Gasteiger partial charge in [0.25, 0.3) is 0 Å². The molecule has 2 fully saturated rings.